The second kappa shape index (κ2) is 7.76. The molecule has 0 aromatic heterocycles. The number of hydrogen-bond acceptors (Lipinski definition) is 3. The molecule has 0 bridgehead atoms. The maximum Gasteiger partial charge on any atom is 0.236 e. The molecule has 76 valence electrons. The number of carbonyl (C=O) groups is 1. The number of carbonyl (C=O) groups excluding carboxylic acids is 1. The first-order valence-electron chi connectivity index (χ1n) is 4.33. The Morgan fingerprint density at radius 1 is 1.69 bits per heavy atom. The Morgan fingerprint density at radius 2 is 2.38 bits per heavy atom. The lowest BCUT2D eigenvalue weighted by atomic mass is 10.3. The molecule has 0 spiro atoms. The molecule has 1 amide bonds. The van der Waals surface area contributed by atoms with Gasteiger partial charge in [0, 0.05) is 20.2 Å². The topological polar surface area (TPSA) is 50.4 Å². The van der Waals surface area contributed by atoms with Gasteiger partial charge < -0.3 is 15.4 Å². The highest BCUT2D eigenvalue weighted by atomic mass is 16.5. The largest absolute Gasteiger partial charge is 0.383 e. The molecule has 0 saturated carbocycles. The quantitative estimate of drug-likeness (QED) is 0.431. The summed E-state index contributed by atoms with van der Waals surface area (Å²) >= 11 is 0. The minimum atomic E-state index is -0.185. The molecule has 0 aliphatic heterocycles. The summed E-state index contributed by atoms with van der Waals surface area (Å²) in [5.41, 5.74) is 0. The molecule has 0 radical (unpaired) electrons. The van der Waals surface area contributed by atoms with E-state index in [2.05, 4.69) is 17.2 Å². The first-order chi connectivity index (χ1) is 6.22. The van der Waals surface area contributed by atoms with E-state index in [1.54, 1.807) is 13.2 Å². The van der Waals surface area contributed by atoms with Crippen LogP contribution in [0, 0.1) is 0 Å². The number of amides is 1. The van der Waals surface area contributed by atoms with Crippen LogP contribution in [0.1, 0.15) is 6.92 Å². The monoisotopic (exact) mass is 186 g/mol. The molecular formula is C9H18N2O2. The lowest BCUT2D eigenvalue weighted by Gasteiger charge is -2.12. The van der Waals surface area contributed by atoms with E-state index >= 15 is 0 Å². The van der Waals surface area contributed by atoms with Crippen molar-refractivity contribution in [2.45, 2.75) is 13.0 Å². The van der Waals surface area contributed by atoms with Crippen LogP contribution < -0.4 is 10.6 Å². The fourth-order valence-electron chi connectivity index (χ4n) is 0.782. The normalized spacial score (nSPS) is 12.2. The molecule has 0 aromatic carbocycles. The fourth-order valence-corrected chi connectivity index (χ4v) is 0.782. The van der Waals surface area contributed by atoms with Crippen molar-refractivity contribution in [2.24, 2.45) is 0 Å². The van der Waals surface area contributed by atoms with E-state index in [-0.39, 0.29) is 11.9 Å². The summed E-state index contributed by atoms with van der Waals surface area (Å²) in [6.07, 6.45) is 1.72. The van der Waals surface area contributed by atoms with Gasteiger partial charge >= 0.3 is 0 Å². The zero-order valence-electron chi connectivity index (χ0n) is 8.30. The molecule has 1 unspecified atom stereocenters. The first-order valence-corrected chi connectivity index (χ1v) is 4.33. The molecule has 2 N–H and O–H groups in total. The van der Waals surface area contributed by atoms with Gasteiger partial charge in [-0.3, -0.25) is 4.79 Å². The van der Waals surface area contributed by atoms with Crippen molar-refractivity contribution >= 4 is 5.91 Å². The average molecular weight is 186 g/mol. The number of methoxy groups -OCH3 is 1. The summed E-state index contributed by atoms with van der Waals surface area (Å²) in [6.45, 7) is 7.09. The molecule has 4 nitrogen and oxygen atoms in total. The Kier molecular flexibility index (Phi) is 7.24. The van der Waals surface area contributed by atoms with Crippen LogP contribution in [-0.4, -0.2) is 38.8 Å². The summed E-state index contributed by atoms with van der Waals surface area (Å²) in [6, 6.07) is -0.185. The van der Waals surface area contributed by atoms with E-state index in [4.69, 9.17) is 4.74 Å². The molecule has 4 heteroatoms. The molecule has 0 aliphatic rings. The van der Waals surface area contributed by atoms with Crippen LogP contribution in [0.3, 0.4) is 0 Å². The number of nitrogens with one attached hydrogen (secondary N) is 2. The van der Waals surface area contributed by atoms with Gasteiger partial charge in [0.2, 0.25) is 5.91 Å². The van der Waals surface area contributed by atoms with Crippen LogP contribution in [-0.2, 0) is 9.53 Å². The van der Waals surface area contributed by atoms with Gasteiger partial charge in [-0.15, -0.1) is 6.58 Å². The first kappa shape index (κ1) is 12.1. The predicted molar refractivity (Wildman–Crippen MR) is 52.5 cm³/mol. The van der Waals surface area contributed by atoms with Crippen LogP contribution in [0.25, 0.3) is 0 Å². The van der Waals surface area contributed by atoms with Crippen LogP contribution in [0.5, 0.6) is 0 Å². The van der Waals surface area contributed by atoms with E-state index in [1.807, 2.05) is 6.92 Å². The maximum absolute atomic E-state index is 11.3. The van der Waals surface area contributed by atoms with Gasteiger partial charge in [-0.1, -0.05) is 6.08 Å². The van der Waals surface area contributed by atoms with Crippen molar-refractivity contribution in [1.29, 1.82) is 0 Å². The third-order valence-corrected chi connectivity index (χ3v) is 1.57. The third kappa shape index (κ3) is 6.31. The third-order valence-electron chi connectivity index (χ3n) is 1.57. The molecule has 0 fully saturated rings. The van der Waals surface area contributed by atoms with Crippen molar-refractivity contribution in [3.05, 3.63) is 12.7 Å². The molecule has 0 saturated heterocycles. The van der Waals surface area contributed by atoms with Gasteiger partial charge in [-0.2, -0.15) is 0 Å². The van der Waals surface area contributed by atoms with Gasteiger partial charge in [-0.25, -0.2) is 0 Å². The fraction of sp³-hybridized carbons (Fsp3) is 0.667. The summed E-state index contributed by atoms with van der Waals surface area (Å²) in [7, 11) is 1.60. The van der Waals surface area contributed by atoms with Crippen molar-refractivity contribution in [1.82, 2.24) is 10.6 Å². The van der Waals surface area contributed by atoms with Crippen molar-refractivity contribution < 1.29 is 9.53 Å². The Balaban J connectivity index is 3.50. The zero-order valence-corrected chi connectivity index (χ0v) is 8.30. The molecule has 0 aromatic rings. The minimum Gasteiger partial charge on any atom is -0.383 e. The Morgan fingerprint density at radius 3 is 2.92 bits per heavy atom. The summed E-state index contributed by atoms with van der Waals surface area (Å²) in [5.74, 6) is -0.0149. The Hall–Kier alpha value is -0.870. The maximum atomic E-state index is 11.3. The lowest BCUT2D eigenvalue weighted by Crippen LogP contribution is -2.43. The van der Waals surface area contributed by atoms with Gasteiger partial charge in [-0.05, 0) is 6.92 Å². The lowest BCUT2D eigenvalue weighted by molar-refractivity contribution is -0.122. The van der Waals surface area contributed by atoms with Gasteiger partial charge in [0.25, 0.3) is 0 Å². The summed E-state index contributed by atoms with van der Waals surface area (Å²) in [5, 5.41) is 5.72. The van der Waals surface area contributed by atoms with Crippen molar-refractivity contribution in [3.63, 3.8) is 0 Å². The van der Waals surface area contributed by atoms with Crippen molar-refractivity contribution in [3.8, 4) is 0 Å². The smallest absolute Gasteiger partial charge is 0.236 e. The highest BCUT2D eigenvalue weighted by molar-refractivity contribution is 5.81. The Labute approximate surface area is 79.3 Å². The minimum absolute atomic E-state index is 0.0149. The standard InChI is InChI=1S/C9H18N2O2/c1-4-5-10-8(2)9(12)11-6-7-13-3/h4,8,10H,1,5-7H2,2-3H3,(H,11,12). The van der Waals surface area contributed by atoms with E-state index < -0.39 is 0 Å². The van der Waals surface area contributed by atoms with E-state index in [9.17, 15) is 4.79 Å². The molecule has 0 heterocycles. The SMILES string of the molecule is C=CCNC(C)C(=O)NCCOC. The average Bonchev–Trinajstić information content (AvgIpc) is 2.14. The molecular weight excluding hydrogens is 168 g/mol. The van der Waals surface area contributed by atoms with Gasteiger partial charge in [0.15, 0.2) is 0 Å². The van der Waals surface area contributed by atoms with Crippen LogP contribution in [0.15, 0.2) is 12.7 Å². The zero-order chi connectivity index (χ0) is 10.1. The highest BCUT2D eigenvalue weighted by Crippen LogP contribution is 1.81. The van der Waals surface area contributed by atoms with Gasteiger partial charge in [0.05, 0.1) is 12.6 Å². The Bertz CT molecular complexity index is 160. The van der Waals surface area contributed by atoms with E-state index in [1.165, 1.54) is 0 Å². The summed E-state index contributed by atoms with van der Waals surface area (Å²) < 4.78 is 4.80. The molecule has 1 atom stereocenters. The number of hydrogen-bond donors (Lipinski definition) is 2. The summed E-state index contributed by atoms with van der Waals surface area (Å²) in [4.78, 5) is 11.3. The molecule has 13 heavy (non-hydrogen) atoms. The van der Waals surface area contributed by atoms with E-state index in [0.717, 1.165) is 0 Å². The number of rotatable bonds is 7. The second-order valence-corrected chi connectivity index (χ2v) is 2.70. The molecule has 0 aliphatic carbocycles. The predicted octanol–water partition coefficient (Wildman–Crippen LogP) is -0.0869. The van der Waals surface area contributed by atoms with E-state index in [0.29, 0.717) is 19.7 Å². The highest BCUT2D eigenvalue weighted by Gasteiger charge is 2.09. The van der Waals surface area contributed by atoms with Crippen molar-refractivity contribution in [2.75, 3.05) is 26.8 Å². The second-order valence-electron chi connectivity index (χ2n) is 2.70. The molecule has 0 rings (SSSR count). The van der Waals surface area contributed by atoms with Crippen LogP contribution in [0.4, 0.5) is 0 Å². The van der Waals surface area contributed by atoms with Gasteiger partial charge in [0.1, 0.15) is 0 Å². The van der Waals surface area contributed by atoms with Crippen LogP contribution >= 0.6 is 0 Å². The van der Waals surface area contributed by atoms with Crippen LogP contribution in [0.2, 0.25) is 0 Å². The number of ether oxygens (including phenoxy) is 1.